The highest BCUT2D eigenvalue weighted by Crippen LogP contribution is 2.13. The van der Waals surface area contributed by atoms with E-state index in [-0.39, 0.29) is 18.5 Å². The van der Waals surface area contributed by atoms with Gasteiger partial charge in [0.15, 0.2) is 0 Å². The Hall–Kier alpha value is -2.35. The number of hydrogen-bond donors (Lipinski definition) is 1. The summed E-state index contributed by atoms with van der Waals surface area (Å²) in [6, 6.07) is 0.812. The smallest absolute Gasteiger partial charge is 0.242 e. The highest BCUT2D eigenvalue weighted by Gasteiger charge is 2.22. The number of nitrogens with zero attached hydrogens (tertiary/aromatic N) is 6. The molecule has 128 valence electrons. The molecule has 8 heteroatoms. The number of aromatic nitrogens is 5. The van der Waals surface area contributed by atoms with E-state index in [1.807, 2.05) is 0 Å². The Balaban J connectivity index is 1.50. The SMILES string of the molecule is CC(C)N1CCC(NC(=O)Cn2cc(-c3cnccn3)nn2)CC1. The third-order valence-corrected chi connectivity index (χ3v) is 4.29. The lowest BCUT2D eigenvalue weighted by molar-refractivity contribution is -0.122. The van der Waals surface area contributed by atoms with E-state index < -0.39 is 0 Å². The van der Waals surface area contributed by atoms with Crippen molar-refractivity contribution in [3.05, 3.63) is 24.8 Å². The van der Waals surface area contributed by atoms with E-state index in [0.717, 1.165) is 25.9 Å². The summed E-state index contributed by atoms with van der Waals surface area (Å²) in [5, 5.41) is 11.1. The van der Waals surface area contributed by atoms with Crippen molar-refractivity contribution in [2.75, 3.05) is 13.1 Å². The molecule has 24 heavy (non-hydrogen) atoms. The van der Waals surface area contributed by atoms with Crippen LogP contribution in [0, 0.1) is 0 Å². The molecule has 1 fully saturated rings. The van der Waals surface area contributed by atoms with Crippen molar-refractivity contribution in [2.24, 2.45) is 0 Å². The van der Waals surface area contributed by atoms with Crippen molar-refractivity contribution in [3.8, 4) is 11.4 Å². The third kappa shape index (κ3) is 4.14. The molecule has 1 N–H and O–H groups in total. The minimum absolute atomic E-state index is 0.0337. The molecule has 0 bridgehead atoms. The zero-order chi connectivity index (χ0) is 16.9. The van der Waals surface area contributed by atoms with Gasteiger partial charge in [-0.05, 0) is 26.7 Å². The van der Waals surface area contributed by atoms with Crippen LogP contribution in [0.3, 0.4) is 0 Å². The Morgan fingerprint density at radius 1 is 1.29 bits per heavy atom. The van der Waals surface area contributed by atoms with Crippen LogP contribution in [0.15, 0.2) is 24.8 Å². The molecule has 0 spiro atoms. The normalized spacial score (nSPS) is 16.5. The fourth-order valence-corrected chi connectivity index (χ4v) is 2.91. The summed E-state index contributed by atoms with van der Waals surface area (Å²) in [6.07, 6.45) is 8.52. The summed E-state index contributed by atoms with van der Waals surface area (Å²) in [5.74, 6) is -0.0337. The topological polar surface area (TPSA) is 88.8 Å². The second-order valence-corrected chi connectivity index (χ2v) is 6.36. The molecule has 2 aromatic rings. The van der Waals surface area contributed by atoms with Gasteiger partial charge in [0.1, 0.15) is 17.9 Å². The Labute approximate surface area is 141 Å². The van der Waals surface area contributed by atoms with Gasteiger partial charge in [0.25, 0.3) is 0 Å². The van der Waals surface area contributed by atoms with Crippen LogP contribution < -0.4 is 5.32 Å². The maximum Gasteiger partial charge on any atom is 0.242 e. The van der Waals surface area contributed by atoms with Crippen molar-refractivity contribution >= 4 is 5.91 Å². The Kier molecular flexibility index (Phi) is 5.14. The number of piperidine rings is 1. The molecular formula is C16H23N7O. The van der Waals surface area contributed by atoms with Gasteiger partial charge in [0, 0.05) is 37.6 Å². The molecule has 0 saturated carbocycles. The number of nitrogens with one attached hydrogen (secondary N) is 1. The molecule has 3 rings (SSSR count). The van der Waals surface area contributed by atoms with Crippen molar-refractivity contribution in [2.45, 2.75) is 45.3 Å². The molecule has 1 amide bonds. The second kappa shape index (κ2) is 7.48. The number of carbonyl (C=O) groups is 1. The summed E-state index contributed by atoms with van der Waals surface area (Å²) in [5.41, 5.74) is 1.26. The van der Waals surface area contributed by atoms with E-state index in [2.05, 4.69) is 44.3 Å². The lowest BCUT2D eigenvalue weighted by Gasteiger charge is -2.34. The van der Waals surface area contributed by atoms with E-state index >= 15 is 0 Å². The first-order chi connectivity index (χ1) is 11.6. The van der Waals surface area contributed by atoms with Crippen LogP contribution >= 0.6 is 0 Å². The molecule has 2 aromatic heterocycles. The minimum Gasteiger partial charge on any atom is -0.352 e. The Bertz CT molecular complexity index is 662. The first-order valence-corrected chi connectivity index (χ1v) is 8.32. The molecule has 1 saturated heterocycles. The second-order valence-electron chi connectivity index (χ2n) is 6.36. The summed E-state index contributed by atoms with van der Waals surface area (Å²) >= 11 is 0. The van der Waals surface area contributed by atoms with E-state index in [1.165, 1.54) is 4.68 Å². The summed E-state index contributed by atoms with van der Waals surface area (Å²) < 4.78 is 1.53. The lowest BCUT2D eigenvalue weighted by atomic mass is 10.0. The number of hydrogen-bond acceptors (Lipinski definition) is 6. The maximum absolute atomic E-state index is 12.2. The highest BCUT2D eigenvalue weighted by atomic mass is 16.2. The zero-order valence-corrected chi connectivity index (χ0v) is 14.1. The van der Waals surface area contributed by atoms with E-state index in [4.69, 9.17) is 0 Å². The molecule has 0 unspecified atom stereocenters. The number of rotatable bonds is 5. The van der Waals surface area contributed by atoms with Gasteiger partial charge in [-0.1, -0.05) is 5.21 Å². The zero-order valence-electron chi connectivity index (χ0n) is 14.1. The van der Waals surface area contributed by atoms with Gasteiger partial charge in [-0.15, -0.1) is 5.10 Å². The molecular weight excluding hydrogens is 306 g/mol. The van der Waals surface area contributed by atoms with Crippen molar-refractivity contribution < 1.29 is 4.79 Å². The van der Waals surface area contributed by atoms with Gasteiger partial charge >= 0.3 is 0 Å². The van der Waals surface area contributed by atoms with Crippen LogP contribution in [0.4, 0.5) is 0 Å². The molecule has 0 atom stereocenters. The number of amides is 1. The van der Waals surface area contributed by atoms with Gasteiger partial charge in [-0.3, -0.25) is 14.8 Å². The van der Waals surface area contributed by atoms with E-state index in [0.29, 0.717) is 17.4 Å². The van der Waals surface area contributed by atoms with E-state index in [9.17, 15) is 4.79 Å². The molecule has 3 heterocycles. The van der Waals surface area contributed by atoms with Crippen LogP contribution in [0.25, 0.3) is 11.4 Å². The van der Waals surface area contributed by atoms with Crippen LogP contribution in [-0.2, 0) is 11.3 Å². The van der Waals surface area contributed by atoms with Crippen LogP contribution in [0.1, 0.15) is 26.7 Å². The summed E-state index contributed by atoms with van der Waals surface area (Å²) in [7, 11) is 0. The summed E-state index contributed by atoms with van der Waals surface area (Å²) in [6.45, 7) is 6.64. The molecule has 0 aromatic carbocycles. The largest absolute Gasteiger partial charge is 0.352 e. The Morgan fingerprint density at radius 2 is 2.08 bits per heavy atom. The molecule has 0 aliphatic carbocycles. The first-order valence-electron chi connectivity index (χ1n) is 8.32. The molecule has 0 radical (unpaired) electrons. The predicted octanol–water partition coefficient (Wildman–Crippen LogP) is 0.724. The van der Waals surface area contributed by atoms with Gasteiger partial charge in [0.2, 0.25) is 5.91 Å². The van der Waals surface area contributed by atoms with Gasteiger partial charge in [-0.25, -0.2) is 4.68 Å². The monoisotopic (exact) mass is 329 g/mol. The standard InChI is InChI=1S/C16H23N7O/c1-12(2)22-7-3-13(4-8-22)19-16(24)11-23-10-15(20-21-23)14-9-17-5-6-18-14/h5-6,9-10,12-13H,3-4,7-8,11H2,1-2H3,(H,19,24). The quantitative estimate of drug-likeness (QED) is 0.870. The Morgan fingerprint density at radius 3 is 2.75 bits per heavy atom. The van der Waals surface area contributed by atoms with Gasteiger partial charge in [-0.2, -0.15) is 0 Å². The van der Waals surface area contributed by atoms with Gasteiger partial charge in [0.05, 0.1) is 12.4 Å². The van der Waals surface area contributed by atoms with Gasteiger partial charge < -0.3 is 10.2 Å². The predicted molar refractivity (Wildman–Crippen MR) is 88.9 cm³/mol. The van der Waals surface area contributed by atoms with Crippen LogP contribution in [0.2, 0.25) is 0 Å². The highest BCUT2D eigenvalue weighted by molar-refractivity contribution is 5.76. The fourth-order valence-electron chi connectivity index (χ4n) is 2.91. The van der Waals surface area contributed by atoms with E-state index in [1.54, 1.807) is 24.8 Å². The lowest BCUT2D eigenvalue weighted by Crippen LogP contribution is -2.47. The molecule has 8 nitrogen and oxygen atoms in total. The number of carbonyl (C=O) groups excluding carboxylic acids is 1. The third-order valence-electron chi connectivity index (χ3n) is 4.29. The number of likely N-dealkylation sites (tertiary alicyclic amines) is 1. The minimum atomic E-state index is -0.0337. The van der Waals surface area contributed by atoms with Crippen LogP contribution in [-0.4, -0.2) is 60.9 Å². The molecule has 1 aliphatic heterocycles. The average molecular weight is 329 g/mol. The molecule has 1 aliphatic rings. The van der Waals surface area contributed by atoms with Crippen molar-refractivity contribution in [3.63, 3.8) is 0 Å². The maximum atomic E-state index is 12.2. The summed E-state index contributed by atoms with van der Waals surface area (Å²) in [4.78, 5) is 22.8. The fraction of sp³-hybridized carbons (Fsp3) is 0.562. The average Bonchev–Trinajstić information content (AvgIpc) is 3.04. The van der Waals surface area contributed by atoms with Crippen molar-refractivity contribution in [1.82, 2.24) is 35.2 Å². The first kappa shape index (κ1) is 16.5. The van der Waals surface area contributed by atoms with Crippen molar-refractivity contribution in [1.29, 1.82) is 0 Å². The van der Waals surface area contributed by atoms with Crippen LogP contribution in [0.5, 0.6) is 0 Å².